The van der Waals surface area contributed by atoms with Crippen LogP contribution in [0.4, 0.5) is 0 Å². The number of hydrogen-bond donors (Lipinski definition) is 0. The van der Waals surface area contributed by atoms with E-state index in [1.807, 2.05) is 13.8 Å². The topological polar surface area (TPSA) is 67.5 Å². The van der Waals surface area contributed by atoms with Gasteiger partial charge in [0.2, 0.25) is 11.8 Å². The van der Waals surface area contributed by atoms with Crippen LogP contribution in [0.15, 0.2) is 41.5 Å². The lowest BCUT2D eigenvalue weighted by molar-refractivity contribution is 0.112. The summed E-state index contributed by atoms with van der Waals surface area (Å²) in [4.78, 5) is 8.53. The van der Waals surface area contributed by atoms with E-state index in [1.54, 1.807) is 30.3 Å². The third kappa shape index (κ3) is 2.87. The maximum atomic E-state index is 9.05. The van der Waals surface area contributed by atoms with Crippen LogP contribution in [0.1, 0.15) is 25.0 Å². The zero-order valence-electron chi connectivity index (χ0n) is 12.0. The fourth-order valence-electron chi connectivity index (χ4n) is 2.05. The minimum Gasteiger partial charge on any atom is -0.466 e. The summed E-state index contributed by atoms with van der Waals surface area (Å²) in [6.07, 6.45) is 1.49. The lowest BCUT2D eigenvalue weighted by Crippen LogP contribution is -2.34. The quantitative estimate of drug-likeness (QED) is 0.807. The van der Waals surface area contributed by atoms with Crippen molar-refractivity contribution < 1.29 is 9.47 Å². The first kappa shape index (κ1) is 14.4. The second-order valence-corrected chi connectivity index (χ2v) is 5.64. The highest BCUT2D eigenvalue weighted by molar-refractivity contribution is 6.30. The van der Waals surface area contributed by atoms with Gasteiger partial charge in [0.15, 0.2) is 5.72 Å². The van der Waals surface area contributed by atoms with E-state index in [4.69, 9.17) is 26.3 Å². The molecule has 1 aliphatic rings. The molecule has 1 aliphatic heterocycles. The van der Waals surface area contributed by atoms with Crippen molar-refractivity contribution >= 4 is 17.5 Å². The van der Waals surface area contributed by atoms with E-state index in [1.165, 1.54) is 6.20 Å². The van der Waals surface area contributed by atoms with Crippen molar-refractivity contribution in [3.05, 3.63) is 52.7 Å². The Bertz CT molecular complexity index is 792. The molecule has 0 bridgehead atoms. The molecule has 0 spiro atoms. The lowest BCUT2D eigenvalue weighted by Gasteiger charge is -2.29. The summed E-state index contributed by atoms with van der Waals surface area (Å²) in [5.41, 5.74) is 0.362. The average molecular weight is 314 g/mol. The summed E-state index contributed by atoms with van der Waals surface area (Å²) in [6.45, 7) is 3.65. The fourth-order valence-corrected chi connectivity index (χ4v) is 2.16. The third-order valence-electron chi connectivity index (χ3n) is 2.97. The van der Waals surface area contributed by atoms with Crippen LogP contribution in [-0.2, 0) is 0 Å². The van der Waals surface area contributed by atoms with Crippen molar-refractivity contribution in [2.24, 2.45) is 4.99 Å². The van der Waals surface area contributed by atoms with E-state index < -0.39 is 5.72 Å². The second-order valence-electron chi connectivity index (χ2n) is 5.21. The number of aliphatic imine (C=N–C) groups is 1. The minimum atomic E-state index is -0.761. The summed E-state index contributed by atoms with van der Waals surface area (Å²) < 4.78 is 11.6. The maximum Gasteiger partial charge on any atom is 0.231 e. The minimum absolute atomic E-state index is 0.359. The van der Waals surface area contributed by atoms with E-state index in [2.05, 4.69) is 16.0 Å². The van der Waals surface area contributed by atoms with Crippen molar-refractivity contribution in [2.45, 2.75) is 19.6 Å². The maximum absolute atomic E-state index is 9.05. The number of benzene rings is 1. The number of halogens is 1. The first-order valence-corrected chi connectivity index (χ1v) is 6.97. The summed E-state index contributed by atoms with van der Waals surface area (Å²) in [7, 11) is 0. The Morgan fingerprint density at radius 2 is 2.09 bits per heavy atom. The predicted molar refractivity (Wildman–Crippen MR) is 82.3 cm³/mol. The van der Waals surface area contributed by atoms with Gasteiger partial charge in [0.25, 0.3) is 0 Å². The molecule has 3 rings (SSSR count). The number of ether oxygens (including phenoxy) is 2. The third-order valence-corrected chi connectivity index (χ3v) is 3.19. The van der Waals surface area contributed by atoms with Crippen molar-refractivity contribution in [1.29, 1.82) is 5.26 Å². The number of nitrogens with zero attached hydrogens (tertiary/aromatic N) is 3. The van der Waals surface area contributed by atoms with E-state index in [-0.39, 0.29) is 0 Å². The molecule has 0 saturated heterocycles. The molecule has 0 unspecified atom stereocenters. The molecular weight excluding hydrogens is 302 g/mol. The lowest BCUT2D eigenvalue weighted by atomic mass is 10.1. The van der Waals surface area contributed by atoms with E-state index in [0.29, 0.717) is 33.7 Å². The molecule has 0 amide bonds. The van der Waals surface area contributed by atoms with Crippen LogP contribution in [-0.4, -0.2) is 16.6 Å². The number of hydrogen-bond acceptors (Lipinski definition) is 5. The normalized spacial score (nSPS) is 15.1. The SMILES string of the molecule is CC1(C)N=C(Oc2ccc(Cl)cn2)c2cc(C#N)ccc2O1. The van der Waals surface area contributed by atoms with Crippen molar-refractivity contribution in [2.75, 3.05) is 0 Å². The van der Waals surface area contributed by atoms with Crippen LogP contribution in [0.25, 0.3) is 0 Å². The molecule has 0 aliphatic carbocycles. The van der Waals surface area contributed by atoms with Crippen molar-refractivity contribution in [3.8, 4) is 17.7 Å². The zero-order chi connectivity index (χ0) is 15.7. The Balaban J connectivity index is 2.03. The van der Waals surface area contributed by atoms with Gasteiger partial charge in [-0.25, -0.2) is 9.98 Å². The molecule has 2 aromatic rings. The highest BCUT2D eigenvalue weighted by Crippen LogP contribution is 2.31. The molecule has 0 N–H and O–H groups in total. The largest absolute Gasteiger partial charge is 0.466 e. The standard InChI is InChI=1S/C16H12ClN3O2/c1-16(2)20-15(21-14-6-4-11(17)9-19-14)12-7-10(8-18)3-5-13(12)22-16/h3-7,9H,1-2H3. The summed E-state index contributed by atoms with van der Waals surface area (Å²) in [5.74, 6) is 1.34. The van der Waals surface area contributed by atoms with Gasteiger partial charge >= 0.3 is 0 Å². The van der Waals surface area contributed by atoms with Gasteiger partial charge in [0.05, 0.1) is 22.2 Å². The Labute approximate surface area is 132 Å². The Hall–Kier alpha value is -2.58. The number of rotatable bonds is 1. The van der Waals surface area contributed by atoms with Crippen LogP contribution in [0.3, 0.4) is 0 Å². The highest BCUT2D eigenvalue weighted by Gasteiger charge is 2.30. The molecule has 2 heterocycles. The Morgan fingerprint density at radius 1 is 1.27 bits per heavy atom. The number of fused-ring (bicyclic) bond motifs is 1. The number of aromatic nitrogens is 1. The number of pyridine rings is 1. The van der Waals surface area contributed by atoms with Crippen LogP contribution in [0, 0.1) is 11.3 Å². The molecular formula is C16H12ClN3O2. The van der Waals surface area contributed by atoms with Gasteiger partial charge < -0.3 is 9.47 Å². The first-order valence-electron chi connectivity index (χ1n) is 6.60. The molecule has 0 atom stereocenters. The van der Waals surface area contributed by atoms with Gasteiger partial charge in [-0.2, -0.15) is 5.26 Å². The van der Waals surface area contributed by atoms with E-state index >= 15 is 0 Å². The molecule has 0 radical (unpaired) electrons. The summed E-state index contributed by atoms with van der Waals surface area (Å²) >= 11 is 5.82. The van der Waals surface area contributed by atoms with Gasteiger partial charge in [-0.15, -0.1) is 0 Å². The summed E-state index contributed by atoms with van der Waals surface area (Å²) in [5, 5.41) is 9.57. The molecule has 1 aromatic carbocycles. The molecule has 0 fully saturated rings. The molecule has 0 saturated carbocycles. The van der Waals surface area contributed by atoms with Crippen LogP contribution < -0.4 is 9.47 Å². The van der Waals surface area contributed by atoms with Crippen molar-refractivity contribution in [3.63, 3.8) is 0 Å². The van der Waals surface area contributed by atoms with Gasteiger partial charge in [0, 0.05) is 12.3 Å². The smallest absolute Gasteiger partial charge is 0.231 e. The van der Waals surface area contributed by atoms with Crippen molar-refractivity contribution in [1.82, 2.24) is 4.98 Å². The fraction of sp³-hybridized carbons (Fsp3) is 0.188. The molecule has 1 aromatic heterocycles. The predicted octanol–water partition coefficient (Wildman–Crippen LogP) is 3.56. The van der Waals surface area contributed by atoms with Crippen LogP contribution in [0.5, 0.6) is 11.6 Å². The highest BCUT2D eigenvalue weighted by atomic mass is 35.5. The molecule has 110 valence electrons. The first-order chi connectivity index (χ1) is 10.5. The van der Waals surface area contributed by atoms with Gasteiger partial charge in [-0.05, 0) is 38.1 Å². The Kier molecular flexibility index (Phi) is 3.47. The summed E-state index contributed by atoms with van der Waals surface area (Å²) in [6, 6.07) is 10.5. The average Bonchev–Trinajstić information content (AvgIpc) is 2.48. The van der Waals surface area contributed by atoms with E-state index in [9.17, 15) is 0 Å². The monoisotopic (exact) mass is 313 g/mol. The molecule has 22 heavy (non-hydrogen) atoms. The number of nitriles is 1. The Morgan fingerprint density at radius 3 is 2.77 bits per heavy atom. The second kappa shape index (κ2) is 5.32. The van der Waals surface area contributed by atoms with Gasteiger partial charge in [0.1, 0.15) is 5.75 Å². The zero-order valence-corrected chi connectivity index (χ0v) is 12.8. The van der Waals surface area contributed by atoms with Crippen LogP contribution in [0.2, 0.25) is 5.02 Å². The van der Waals surface area contributed by atoms with Gasteiger partial charge in [-0.3, -0.25) is 0 Å². The molecule has 5 nitrogen and oxygen atoms in total. The van der Waals surface area contributed by atoms with Crippen LogP contribution >= 0.6 is 11.6 Å². The molecule has 6 heteroatoms. The van der Waals surface area contributed by atoms with Gasteiger partial charge in [-0.1, -0.05) is 11.6 Å². The van der Waals surface area contributed by atoms with E-state index in [0.717, 1.165) is 0 Å².